The molecule has 4 heterocycles. The smallest absolute Gasteiger partial charge is 0.0702 e. The van der Waals surface area contributed by atoms with Crippen molar-refractivity contribution in [2.75, 3.05) is 0 Å². The molecular weight excluding hydrogens is 827 g/mol. The molecule has 0 aliphatic rings. The second-order valence-corrected chi connectivity index (χ2v) is 17.5. The van der Waals surface area contributed by atoms with Crippen molar-refractivity contribution in [3.8, 4) is 66.8 Å². The predicted octanol–water partition coefficient (Wildman–Crippen LogP) is 16.3. The van der Waals surface area contributed by atoms with Gasteiger partial charge in [0.05, 0.1) is 27.8 Å². The number of benzene rings is 8. The van der Waals surface area contributed by atoms with Gasteiger partial charge in [-0.05, 0) is 179 Å². The van der Waals surface area contributed by atoms with Gasteiger partial charge in [-0.3, -0.25) is 24.9 Å². The summed E-state index contributed by atoms with van der Waals surface area (Å²) in [7, 11) is 0. The van der Waals surface area contributed by atoms with Crippen LogP contribution < -0.4 is 0 Å². The fraction of sp³-hybridized carbons (Fsp3) is 0.0317. The summed E-state index contributed by atoms with van der Waals surface area (Å²) in [4.78, 5) is 24.9. The normalized spacial score (nSPS) is 11.8. The molecule has 0 fully saturated rings. The highest BCUT2D eigenvalue weighted by molar-refractivity contribution is 6.03. The van der Waals surface area contributed by atoms with Crippen molar-refractivity contribution in [2.45, 2.75) is 13.8 Å². The molecular formula is C63H43N5. The number of fused-ring (bicyclic) bond motifs is 4. The first kappa shape index (κ1) is 40.6. The van der Waals surface area contributed by atoms with Crippen molar-refractivity contribution in [1.82, 2.24) is 19.9 Å². The van der Waals surface area contributed by atoms with Crippen LogP contribution in [0, 0.1) is 6.92 Å². The first-order valence-electron chi connectivity index (χ1n) is 22.9. The zero-order valence-corrected chi connectivity index (χ0v) is 37.6. The lowest BCUT2D eigenvalue weighted by Gasteiger charge is -2.16. The van der Waals surface area contributed by atoms with Crippen molar-refractivity contribution in [2.24, 2.45) is 4.99 Å². The number of pyridine rings is 4. The summed E-state index contributed by atoms with van der Waals surface area (Å²) in [5, 5.41) is 4.37. The lowest BCUT2D eigenvalue weighted by molar-refractivity contribution is 1.38. The molecule has 0 unspecified atom stereocenters. The summed E-state index contributed by atoms with van der Waals surface area (Å²) in [5.41, 5.74) is 20.6. The van der Waals surface area contributed by atoms with Crippen LogP contribution in [0.5, 0.6) is 0 Å². The molecule has 320 valence electrons. The maximum atomic E-state index is 5.26. The zero-order chi connectivity index (χ0) is 45.6. The standard InChI is InChI=1S/C63H43N5/c1-40-13-3-8-18-59(40)68-41(2)46-27-47(49-30-51(55-23-42-14-4-9-19-60(42)64-36-55)34-52(31-49)56-24-43-15-5-10-20-61(43)65-37-56)29-48(28-46)50-32-53(57-25-44-16-6-11-21-62(44)66-38-57)35-54(33-50)58-26-45-17-7-12-22-63(45)67-39-58/h3-39H,1-2H3. The Bertz CT molecular complexity index is 3540. The third-order valence-electron chi connectivity index (χ3n) is 13.0. The zero-order valence-electron chi connectivity index (χ0n) is 37.6. The average molecular weight is 870 g/mol. The van der Waals surface area contributed by atoms with E-state index in [1.807, 2.05) is 55.1 Å². The van der Waals surface area contributed by atoms with Crippen LogP contribution in [0.2, 0.25) is 0 Å². The summed E-state index contributed by atoms with van der Waals surface area (Å²) >= 11 is 0. The molecule has 0 aliphatic heterocycles. The highest BCUT2D eigenvalue weighted by atomic mass is 14.7. The molecule has 8 aromatic carbocycles. The van der Waals surface area contributed by atoms with E-state index in [4.69, 9.17) is 24.9 Å². The van der Waals surface area contributed by atoms with Gasteiger partial charge < -0.3 is 0 Å². The summed E-state index contributed by atoms with van der Waals surface area (Å²) in [6.45, 7) is 4.22. The molecule has 0 amide bonds. The van der Waals surface area contributed by atoms with E-state index in [0.717, 1.165) is 133 Å². The van der Waals surface area contributed by atoms with E-state index in [9.17, 15) is 0 Å². The van der Waals surface area contributed by atoms with Crippen LogP contribution in [0.3, 0.4) is 0 Å². The highest BCUT2D eigenvalue weighted by Crippen LogP contribution is 2.39. The van der Waals surface area contributed by atoms with Crippen LogP contribution in [0.15, 0.2) is 230 Å². The minimum absolute atomic E-state index is 0.921. The molecule has 12 aromatic rings. The van der Waals surface area contributed by atoms with E-state index in [-0.39, 0.29) is 0 Å². The van der Waals surface area contributed by atoms with Crippen LogP contribution in [0.4, 0.5) is 5.69 Å². The minimum atomic E-state index is 0.921. The quantitative estimate of drug-likeness (QED) is 0.143. The van der Waals surface area contributed by atoms with E-state index in [1.165, 1.54) is 0 Å². The predicted molar refractivity (Wildman–Crippen MR) is 283 cm³/mol. The van der Waals surface area contributed by atoms with Crippen LogP contribution in [-0.4, -0.2) is 25.6 Å². The van der Waals surface area contributed by atoms with Gasteiger partial charge in [0.25, 0.3) is 0 Å². The molecule has 0 aliphatic carbocycles. The van der Waals surface area contributed by atoms with Crippen LogP contribution in [-0.2, 0) is 0 Å². The lowest BCUT2D eigenvalue weighted by Crippen LogP contribution is -1.98. The fourth-order valence-corrected chi connectivity index (χ4v) is 9.27. The monoisotopic (exact) mass is 869 g/mol. The molecule has 68 heavy (non-hydrogen) atoms. The molecule has 0 bridgehead atoms. The Morgan fingerprint density at radius 3 is 0.926 bits per heavy atom. The maximum Gasteiger partial charge on any atom is 0.0702 e. The van der Waals surface area contributed by atoms with Gasteiger partial charge in [-0.25, -0.2) is 0 Å². The number of rotatable bonds is 8. The van der Waals surface area contributed by atoms with Gasteiger partial charge in [-0.1, -0.05) is 91.0 Å². The van der Waals surface area contributed by atoms with Gasteiger partial charge in [0, 0.05) is 74.3 Å². The molecule has 5 nitrogen and oxygen atoms in total. The van der Waals surface area contributed by atoms with E-state index >= 15 is 0 Å². The Morgan fingerprint density at radius 1 is 0.309 bits per heavy atom. The van der Waals surface area contributed by atoms with Gasteiger partial charge in [-0.2, -0.15) is 0 Å². The number of aryl methyl sites for hydroxylation is 1. The summed E-state index contributed by atoms with van der Waals surface area (Å²) in [6.07, 6.45) is 7.95. The molecule has 0 atom stereocenters. The number of nitrogens with zero attached hydrogens (tertiary/aromatic N) is 5. The Balaban J connectivity index is 1.09. The first-order chi connectivity index (χ1) is 33.4. The highest BCUT2D eigenvalue weighted by Gasteiger charge is 2.16. The largest absolute Gasteiger partial charge is 0.256 e. The van der Waals surface area contributed by atoms with Gasteiger partial charge in [0.15, 0.2) is 0 Å². The number of aromatic nitrogens is 4. The van der Waals surface area contributed by atoms with E-state index in [0.29, 0.717) is 0 Å². The number of para-hydroxylation sites is 5. The maximum absolute atomic E-state index is 5.26. The fourth-order valence-electron chi connectivity index (χ4n) is 9.27. The Morgan fingerprint density at radius 2 is 0.588 bits per heavy atom. The van der Waals surface area contributed by atoms with Gasteiger partial charge in [0.1, 0.15) is 0 Å². The lowest BCUT2D eigenvalue weighted by atomic mass is 9.89. The van der Waals surface area contributed by atoms with Crippen LogP contribution in [0.25, 0.3) is 110 Å². The third-order valence-corrected chi connectivity index (χ3v) is 13.0. The van der Waals surface area contributed by atoms with Gasteiger partial charge in [0.2, 0.25) is 0 Å². The molecule has 0 N–H and O–H groups in total. The number of hydrogen-bond acceptors (Lipinski definition) is 5. The number of aliphatic imine (C=N–C) groups is 1. The Hall–Kier alpha value is -8.93. The SMILES string of the molecule is CC(=Nc1ccccc1C)c1cc(-c2cc(-c3cnc4ccccc4c3)cc(-c3cnc4ccccc4c3)c2)cc(-c2cc(-c3cnc4ccccc4c3)cc(-c3cnc4ccccc4c3)c2)c1. The summed E-state index contributed by atoms with van der Waals surface area (Å²) in [5.74, 6) is 0. The first-order valence-corrected chi connectivity index (χ1v) is 22.9. The van der Waals surface area contributed by atoms with Crippen LogP contribution in [0.1, 0.15) is 18.1 Å². The molecule has 0 radical (unpaired) electrons. The van der Waals surface area contributed by atoms with Crippen molar-refractivity contribution < 1.29 is 0 Å². The minimum Gasteiger partial charge on any atom is -0.256 e. The summed E-state index contributed by atoms with van der Waals surface area (Å²) < 4.78 is 0. The van der Waals surface area contributed by atoms with E-state index < -0.39 is 0 Å². The molecule has 5 heteroatoms. The van der Waals surface area contributed by atoms with Crippen molar-refractivity contribution in [3.63, 3.8) is 0 Å². The second-order valence-electron chi connectivity index (χ2n) is 17.5. The molecule has 4 aromatic heterocycles. The topological polar surface area (TPSA) is 63.9 Å². The second kappa shape index (κ2) is 17.1. The summed E-state index contributed by atoms with van der Waals surface area (Å²) in [6, 6.07) is 71.0. The van der Waals surface area contributed by atoms with E-state index in [2.05, 4.69) is 184 Å². The van der Waals surface area contributed by atoms with Gasteiger partial charge in [-0.15, -0.1) is 0 Å². The van der Waals surface area contributed by atoms with Crippen molar-refractivity contribution in [3.05, 3.63) is 236 Å². The van der Waals surface area contributed by atoms with Crippen LogP contribution >= 0.6 is 0 Å². The molecule has 12 rings (SSSR count). The van der Waals surface area contributed by atoms with Crippen molar-refractivity contribution in [1.29, 1.82) is 0 Å². The Kier molecular flexibility index (Phi) is 10.2. The van der Waals surface area contributed by atoms with Gasteiger partial charge >= 0.3 is 0 Å². The molecule has 0 saturated heterocycles. The Labute approximate surface area is 394 Å². The molecule has 0 saturated carbocycles. The average Bonchev–Trinajstić information content (AvgIpc) is 3.40. The van der Waals surface area contributed by atoms with Crippen molar-refractivity contribution >= 4 is 55.0 Å². The van der Waals surface area contributed by atoms with E-state index in [1.54, 1.807) is 0 Å². The third kappa shape index (κ3) is 7.97. The number of hydrogen-bond donors (Lipinski definition) is 0. The molecule has 0 spiro atoms.